The van der Waals surface area contributed by atoms with E-state index in [1.807, 2.05) is 0 Å². The summed E-state index contributed by atoms with van der Waals surface area (Å²) in [6, 6.07) is 17.3. The molecule has 2 aromatic carbocycles. The van der Waals surface area contributed by atoms with Gasteiger partial charge in [-0.2, -0.15) is 0 Å². The molecule has 1 aliphatic heterocycles. The van der Waals surface area contributed by atoms with E-state index in [4.69, 9.17) is 9.88 Å². The van der Waals surface area contributed by atoms with E-state index in [1.54, 1.807) is 0 Å². The minimum atomic E-state index is -3.54. The zero-order chi connectivity index (χ0) is 22.2. The molecule has 5 rings (SSSR count). The maximum absolute atomic E-state index is 12.0. The Kier molecular flexibility index (Phi) is 6.03. The first-order chi connectivity index (χ1) is 15.4. The van der Waals surface area contributed by atoms with Gasteiger partial charge in [-0.1, -0.05) is 42.8 Å². The number of hydrogen-bond acceptors (Lipinski definition) is 4. The van der Waals surface area contributed by atoms with Crippen LogP contribution in [0.3, 0.4) is 0 Å². The Bertz CT molecular complexity index is 1050. The molecule has 2 aromatic rings. The zero-order valence-corrected chi connectivity index (χ0v) is 19.5. The number of likely N-dealkylation sites (tertiary alicyclic amines) is 1. The molecule has 0 spiro atoms. The summed E-state index contributed by atoms with van der Waals surface area (Å²) >= 11 is 0. The van der Waals surface area contributed by atoms with E-state index < -0.39 is 14.8 Å². The van der Waals surface area contributed by atoms with Gasteiger partial charge >= 0.3 is 0 Å². The molecule has 2 unspecified atom stereocenters. The Balaban J connectivity index is 1.31. The summed E-state index contributed by atoms with van der Waals surface area (Å²) in [4.78, 5) is 2.58. The van der Waals surface area contributed by atoms with E-state index in [1.165, 1.54) is 42.7 Å². The van der Waals surface area contributed by atoms with Crippen molar-refractivity contribution in [1.29, 1.82) is 0 Å². The molecule has 3 aliphatic rings. The first kappa shape index (κ1) is 21.9. The molecular weight excluding hydrogens is 420 g/mol. The second-order valence-electron chi connectivity index (χ2n) is 9.96. The molecule has 2 atom stereocenters. The van der Waals surface area contributed by atoms with Crippen LogP contribution in [0.4, 0.5) is 0 Å². The normalized spacial score (nSPS) is 24.4. The molecule has 0 bridgehead atoms. The van der Waals surface area contributed by atoms with Crippen molar-refractivity contribution in [2.45, 2.75) is 55.6 Å². The van der Waals surface area contributed by atoms with Gasteiger partial charge in [0, 0.05) is 13.0 Å². The van der Waals surface area contributed by atoms with Crippen LogP contribution in [-0.2, 0) is 22.9 Å². The van der Waals surface area contributed by atoms with Gasteiger partial charge in [0.1, 0.15) is 5.75 Å². The van der Waals surface area contributed by atoms with Gasteiger partial charge in [-0.05, 0) is 85.9 Å². The largest absolute Gasteiger partial charge is 0.494 e. The molecule has 1 saturated heterocycles. The second kappa shape index (κ2) is 8.81. The summed E-state index contributed by atoms with van der Waals surface area (Å²) in [5.74, 6) is 1.95. The Morgan fingerprint density at radius 3 is 2.47 bits per heavy atom. The predicted molar refractivity (Wildman–Crippen MR) is 127 cm³/mol. The highest BCUT2D eigenvalue weighted by atomic mass is 32.2. The predicted octanol–water partition coefficient (Wildman–Crippen LogP) is 3.87. The van der Waals surface area contributed by atoms with E-state index >= 15 is 0 Å². The molecule has 2 aliphatic carbocycles. The molecule has 2 fully saturated rings. The van der Waals surface area contributed by atoms with Crippen molar-refractivity contribution >= 4 is 10.0 Å². The highest BCUT2D eigenvalue weighted by molar-refractivity contribution is 7.90. The molecule has 172 valence electrons. The molecule has 1 saturated carbocycles. The van der Waals surface area contributed by atoms with Crippen molar-refractivity contribution in [3.63, 3.8) is 0 Å². The quantitative estimate of drug-likeness (QED) is 0.624. The number of nitrogens with two attached hydrogens (primary N) is 1. The summed E-state index contributed by atoms with van der Waals surface area (Å²) < 4.78 is 29.3. The summed E-state index contributed by atoms with van der Waals surface area (Å²) in [5.41, 5.74) is 4.22. The first-order valence-electron chi connectivity index (χ1n) is 12.0. The average Bonchev–Trinajstić information content (AvgIpc) is 3.03. The lowest BCUT2D eigenvalue weighted by atomic mass is 9.82. The topological polar surface area (TPSA) is 72.6 Å². The number of primary sulfonamides is 1. The molecule has 0 radical (unpaired) electrons. The number of ether oxygens (including phenoxy) is 1. The summed E-state index contributed by atoms with van der Waals surface area (Å²) in [6.45, 7) is 4.01. The lowest BCUT2D eigenvalue weighted by Gasteiger charge is -2.39. The number of benzene rings is 2. The van der Waals surface area contributed by atoms with Gasteiger partial charge < -0.3 is 9.64 Å². The number of nitrogens with zero attached hydrogens (tertiary/aromatic N) is 1. The number of hydrogen-bond donors (Lipinski definition) is 1. The van der Waals surface area contributed by atoms with Crippen molar-refractivity contribution < 1.29 is 13.2 Å². The first-order valence-corrected chi connectivity index (χ1v) is 13.5. The Morgan fingerprint density at radius 2 is 1.84 bits per heavy atom. The van der Waals surface area contributed by atoms with Crippen molar-refractivity contribution in [3.05, 3.63) is 65.2 Å². The van der Waals surface area contributed by atoms with E-state index in [9.17, 15) is 8.42 Å². The molecule has 5 nitrogen and oxygen atoms in total. The third kappa shape index (κ3) is 4.33. The summed E-state index contributed by atoms with van der Waals surface area (Å²) in [6.07, 6.45) is 6.18. The van der Waals surface area contributed by atoms with Crippen LogP contribution in [0, 0.1) is 5.92 Å². The van der Waals surface area contributed by atoms with Gasteiger partial charge in [0.2, 0.25) is 10.0 Å². The Hall–Kier alpha value is -1.89. The highest BCUT2D eigenvalue weighted by Crippen LogP contribution is 2.43. The van der Waals surface area contributed by atoms with Gasteiger partial charge in [0.15, 0.2) is 0 Å². The fourth-order valence-electron chi connectivity index (χ4n) is 5.71. The molecule has 0 aromatic heterocycles. The third-order valence-corrected chi connectivity index (χ3v) is 9.82. The number of fused-ring (bicyclic) bond motifs is 1. The fourth-order valence-corrected chi connectivity index (χ4v) is 6.93. The molecule has 6 heteroatoms. The average molecular weight is 455 g/mol. The standard InChI is InChI=1S/C26H34N2O3S/c27-32(29,30)26(10-4-11-26)12-15-31-23-9-8-21-17-22(19-28-13-5-14-28)24(25(21)18-23)16-20-6-2-1-3-7-20/h1-3,6-9,18,22,24H,4-5,10-17,19H2,(H2,27,29,30). The monoisotopic (exact) mass is 454 g/mol. The van der Waals surface area contributed by atoms with Crippen molar-refractivity contribution in [1.82, 2.24) is 4.90 Å². The minimum absolute atomic E-state index is 0.385. The Morgan fingerprint density at radius 1 is 1.06 bits per heavy atom. The maximum atomic E-state index is 12.0. The van der Waals surface area contributed by atoms with Crippen LogP contribution in [0.25, 0.3) is 0 Å². The molecule has 0 amide bonds. The molecular formula is C26H34N2O3S. The summed E-state index contributed by atoms with van der Waals surface area (Å²) in [7, 11) is -3.54. The van der Waals surface area contributed by atoms with E-state index in [-0.39, 0.29) is 0 Å². The molecule has 2 N–H and O–H groups in total. The van der Waals surface area contributed by atoms with Gasteiger partial charge in [0.05, 0.1) is 11.4 Å². The second-order valence-corrected chi connectivity index (χ2v) is 11.9. The van der Waals surface area contributed by atoms with Crippen LogP contribution in [0.2, 0.25) is 0 Å². The van der Waals surface area contributed by atoms with Crippen LogP contribution in [0.5, 0.6) is 5.75 Å². The SMILES string of the molecule is NS(=O)(=O)C1(CCOc2ccc3c(c2)C(Cc2ccccc2)C(CN2CCC2)C3)CCC1. The highest BCUT2D eigenvalue weighted by Gasteiger charge is 2.46. The van der Waals surface area contributed by atoms with Gasteiger partial charge in [-0.3, -0.25) is 0 Å². The van der Waals surface area contributed by atoms with Crippen LogP contribution in [0.15, 0.2) is 48.5 Å². The van der Waals surface area contributed by atoms with Crippen LogP contribution in [0.1, 0.15) is 54.7 Å². The van der Waals surface area contributed by atoms with Crippen molar-refractivity contribution in [3.8, 4) is 5.75 Å². The maximum Gasteiger partial charge on any atom is 0.214 e. The van der Waals surface area contributed by atoms with E-state index in [2.05, 4.69) is 53.4 Å². The van der Waals surface area contributed by atoms with Gasteiger partial charge in [-0.25, -0.2) is 13.6 Å². The van der Waals surface area contributed by atoms with Crippen molar-refractivity contribution in [2.75, 3.05) is 26.2 Å². The van der Waals surface area contributed by atoms with Crippen LogP contribution >= 0.6 is 0 Å². The molecule has 1 heterocycles. The lowest BCUT2D eigenvalue weighted by Crippen LogP contribution is -2.49. The third-order valence-electron chi connectivity index (χ3n) is 8.00. The Labute approximate surface area is 192 Å². The van der Waals surface area contributed by atoms with Crippen LogP contribution in [-0.4, -0.2) is 44.3 Å². The van der Waals surface area contributed by atoms with Gasteiger partial charge in [0.25, 0.3) is 0 Å². The lowest BCUT2D eigenvalue weighted by molar-refractivity contribution is 0.145. The fraction of sp³-hybridized carbons (Fsp3) is 0.538. The van der Waals surface area contributed by atoms with E-state index in [0.29, 0.717) is 37.7 Å². The zero-order valence-electron chi connectivity index (χ0n) is 18.7. The number of sulfonamides is 1. The van der Waals surface area contributed by atoms with E-state index in [0.717, 1.165) is 25.0 Å². The molecule has 32 heavy (non-hydrogen) atoms. The van der Waals surface area contributed by atoms with Crippen LogP contribution < -0.4 is 9.88 Å². The number of rotatable bonds is 9. The smallest absolute Gasteiger partial charge is 0.214 e. The summed E-state index contributed by atoms with van der Waals surface area (Å²) in [5, 5.41) is 5.50. The van der Waals surface area contributed by atoms with Crippen molar-refractivity contribution in [2.24, 2.45) is 11.1 Å². The van der Waals surface area contributed by atoms with Gasteiger partial charge in [-0.15, -0.1) is 0 Å². The minimum Gasteiger partial charge on any atom is -0.494 e.